The second-order valence-electron chi connectivity index (χ2n) is 3.59. The lowest BCUT2D eigenvalue weighted by atomic mass is 10.1. The zero-order valence-electron chi connectivity index (χ0n) is 9.21. The highest BCUT2D eigenvalue weighted by Crippen LogP contribution is 2.25. The van der Waals surface area contributed by atoms with Crippen LogP contribution in [0, 0.1) is 0 Å². The Bertz CT molecular complexity index is 645. The molecule has 3 rings (SSSR count). The minimum Gasteiger partial charge on any atom is -0.497 e. The van der Waals surface area contributed by atoms with E-state index >= 15 is 0 Å². The molecule has 0 saturated heterocycles. The molecule has 2 aromatic heterocycles. The van der Waals surface area contributed by atoms with Gasteiger partial charge in [0.1, 0.15) is 12.1 Å². The van der Waals surface area contributed by atoms with Crippen LogP contribution in [0.5, 0.6) is 5.75 Å². The molecule has 3 aromatic rings. The number of H-pyrrole nitrogens is 1. The standard InChI is InChI=1S/C12H10N4O/c1-17-9-4-2-8(3-5-9)11-10-6-13-7-14-12(10)16-15-11/h2-7H,1H3,(H,13,14,15,16). The molecule has 84 valence electrons. The molecule has 0 unspecified atom stereocenters. The highest BCUT2D eigenvalue weighted by Gasteiger charge is 2.08. The number of nitrogens with zero attached hydrogens (tertiary/aromatic N) is 3. The van der Waals surface area contributed by atoms with Gasteiger partial charge in [0.05, 0.1) is 18.2 Å². The van der Waals surface area contributed by atoms with Crippen molar-refractivity contribution in [2.75, 3.05) is 7.11 Å². The quantitative estimate of drug-likeness (QED) is 0.726. The lowest BCUT2D eigenvalue weighted by Crippen LogP contribution is -1.83. The van der Waals surface area contributed by atoms with Crippen molar-refractivity contribution in [1.29, 1.82) is 0 Å². The highest BCUT2D eigenvalue weighted by molar-refractivity contribution is 5.89. The van der Waals surface area contributed by atoms with E-state index in [1.165, 1.54) is 6.33 Å². The Morgan fingerprint density at radius 1 is 1.18 bits per heavy atom. The summed E-state index contributed by atoms with van der Waals surface area (Å²) in [6, 6.07) is 7.76. The molecule has 0 bridgehead atoms. The van der Waals surface area contributed by atoms with Crippen LogP contribution in [-0.4, -0.2) is 27.3 Å². The molecule has 0 spiro atoms. The van der Waals surface area contributed by atoms with E-state index in [4.69, 9.17) is 4.74 Å². The summed E-state index contributed by atoms with van der Waals surface area (Å²) in [5.74, 6) is 0.828. The van der Waals surface area contributed by atoms with Crippen LogP contribution in [-0.2, 0) is 0 Å². The van der Waals surface area contributed by atoms with Crippen molar-refractivity contribution in [1.82, 2.24) is 20.2 Å². The van der Waals surface area contributed by atoms with Gasteiger partial charge < -0.3 is 4.74 Å². The monoisotopic (exact) mass is 226 g/mol. The third-order valence-corrected chi connectivity index (χ3v) is 2.61. The minimum absolute atomic E-state index is 0.672. The maximum absolute atomic E-state index is 5.12. The van der Waals surface area contributed by atoms with Crippen LogP contribution in [0.25, 0.3) is 22.3 Å². The fourth-order valence-corrected chi connectivity index (χ4v) is 1.74. The summed E-state index contributed by atoms with van der Waals surface area (Å²) in [5.41, 5.74) is 2.62. The first-order valence-electron chi connectivity index (χ1n) is 5.17. The molecule has 0 saturated carbocycles. The molecular formula is C12H10N4O. The van der Waals surface area contributed by atoms with Crippen LogP contribution in [0.4, 0.5) is 0 Å². The van der Waals surface area contributed by atoms with Crippen molar-refractivity contribution >= 4 is 11.0 Å². The van der Waals surface area contributed by atoms with Gasteiger partial charge in [-0.3, -0.25) is 5.10 Å². The Labute approximate surface area is 97.5 Å². The number of fused-ring (bicyclic) bond motifs is 1. The topological polar surface area (TPSA) is 63.7 Å². The van der Waals surface area contributed by atoms with Crippen molar-refractivity contribution in [3.05, 3.63) is 36.8 Å². The minimum atomic E-state index is 0.672. The molecule has 0 atom stereocenters. The first-order chi connectivity index (χ1) is 8.38. The van der Waals surface area contributed by atoms with Gasteiger partial charge in [-0.25, -0.2) is 9.97 Å². The summed E-state index contributed by atoms with van der Waals surface area (Å²) < 4.78 is 5.12. The van der Waals surface area contributed by atoms with Crippen LogP contribution < -0.4 is 4.74 Å². The summed E-state index contributed by atoms with van der Waals surface area (Å²) in [6.07, 6.45) is 3.24. The van der Waals surface area contributed by atoms with Gasteiger partial charge >= 0.3 is 0 Å². The van der Waals surface area contributed by atoms with Gasteiger partial charge in [0.15, 0.2) is 5.65 Å². The number of ether oxygens (including phenoxy) is 1. The fourth-order valence-electron chi connectivity index (χ4n) is 1.74. The van der Waals surface area contributed by atoms with E-state index in [0.717, 1.165) is 22.4 Å². The molecule has 0 radical (unpaired) electrons. The highest BCUT2D eigenvalue weighted by atomic mass is 16.5. The third kappa shape index (κ3) is 1.61. The molecule has 1 aromatic carbocycles. The van der Waals surface area contributed by atoms with Crippen molar-refractivity contribution in [2.24, 2.45) is 0 Å². The number of nitrogens with one attached hydrogen (secondary N) is 1. The molecule has 5 heteroatoms. The Morgan fingerprint density at radius 3 is 2.76 bits per heavy atom. The van der Waals surface area contributed by atoms with Gasteiger partial charge in [0.25, 0.3) is 0 Å². The third-order valence-electron chi connectivity index (χ3n) is 2.61. The smallest absolute Gasteiger partial charge is 0.184 e. The predicted octanol–water partition coefficient (Wildman–Crippen LogP) is 2.03. The lowest BCUT2D eigenvalue weighted by molar-refractivity contribution is 0.415. The van der Waals surface area contributed by atoms with Crippen molar-refractivity contribution in [3.63, 3.8) is 0 Å². The fraction of sp³-hybridized carbons (Fsp3) is 0.0833. The van der Waals surface area contributed by atoms with Crippen LogP contribution in [0.1, 0.15) is 0 Å². The number of aromatic nitrogens is 4. The first kappa shape index (κ1) is 9.77. The molecule has 0 amide bonds. The van der Waals surface area contributed by atoms with Gasteiger partial charge in [0, 0.05) is 11.8 Å². The van der Waals surface area contributed by atoms with Crippen molar-refractivity contribution < 1.29 is 4.74 Å². The molecule has 0 aliphatic rings. The number of aromatic amines is 1. The van der Waals surface area contributed by atoms with E-state index < -0.39 is 0 Å². The van der Waals surface area contributed by atoms with E-state index in [2.05, 4.69) is 20.2 Å². The summed E-state index contributed by atoms with van der Waals surface area (Å²) >= 11 is 0. The molecule has 0 aliphatic carbocycles. The molecule has 17 heavy (non-hydrogen) atoms. The van der Waals surface area contributed by atoms with Crippen LogP contribution >= 0.6 is 0 Å². The molecule has 0 aliphatic heterocycles. The number of hydrogen-bond donors (Lipinski definition) is 1. The van der Waals surface area contributed by atoms with Gasteiger partial charge in [-0.2, -0.15) is 5.10 Å². The summed E-state index contributed by atoms with van der Waals surface area (Å²) in [6.45, 7) is 0. The van der Waals surface area contributed by atoms with Gasteiger partial charge in [-0.1, -0.05) is 0 Å². The summed E-state index contributed by atoms with van der Waals surface area (Å²) in [4.78, 5) is 8.09. The van der Waals surface area contributed by atoms with Gasteiger partial charge in [0.2, 0.25) is 0 Å². The zero-order valence-corrected chi connectivity index (χ0v) is 9.21. The maximum atomic E-state index is 5.12. The normalized spacial score (nSPS) is 10.6. The number of benzene rings is 1. The van der Waals surface area contributed by atoms with E-state index in [1.807, 2.05) is 24.3 Å². The second-order valence-corrected chi connectivity index (χ2v) is 3.59. The zero-order chi connectivity index (χ0) is 11.7. The number of methoxy groups -OCH3 is 1. The average Bonchev–Trinajstić information content (AvgIpc) is 2.83. The van der Waals surface area contributed by atoms with Crippen molar-refractivity contribution in [2.45, 2.75) is 0 Å². The van der Waals surface area contributed by atoms with Crippen molar-refractivity contribution in [3.8, 4) is 17.0 Å². The Kier molecular flexibility index (Phi) is 2.22. The predicted molar refractivity (Wildman–Crippen MR) is 63.7 cm³/mol. The Morgan fingerprint density at radius 2 is 2.00 bits per heavy atom. The average molecular weight is 226 g/mol. The van der Waals surface area contributed by atoms with Crippen LogP contribution in [0.15, 0.2) is 36.8 Å². The molecular weight excluding hydrogens is 216 g/mol. The van der Waals surface area contributed by atoms with E-state index in [0.29, 0.717) is 5.65 Å². The molecule has 1 N–H and O–H groups in total. The van der Waals surface area contributed by atoms with Gasteiger partial charge in [-0.15, -0.1) is 0 Å². The first-order valence-corrected chi connectivity index (χ1v) is 5.17. The van der Waals surface area contributed by atoms with Gasteiger partial charge in [-0.05, 0) is 24.3 Å². The molecule has 2 heterocycles. The number of hydrogen-bond acceptors (Lipinski definition) is 4. The Balaban J connectivity index is 2.13. The van der Waals surface area contributed by atoms with E-state index in [-0.39, 0.29) is 0 Å². The summed E-state index contributed by atoms with van der Waals surface area (Å²) in [7, 11) is 1.65. The second kappa shape index (κ2) is 3.86. The molecule has 0 fully saturated rings. The molecule has 5 nitrogen and oxygen atoms in total. The number of rotatable bonds is 2. The van der Waals surface area contributed by atoms with Crippen LogP contribution in [0.2, 0.25) is 0 Å². The van der Waals surface area contributed by atoms with E-state index in [1.54, 1.807) is 13.3 Å². The van der Waals surface area contributed by atoms with E-state index in [9.17, 15) is 0 Å². The largest absolute Gasteiger partial charge is 0.497 e. The lowest BCUT2D eigenvalue weighted by Gasteiger charge is -2.01. The maximum Gasteiger partial charge on any atom is 0.184 e. The van der Waals surface area contributed by atoms with Crippen LogP contribution in [0.3, 0.4) is 0 Å². The summed E-state index contributed by atoms with van der Waals surface area (Å²) in [5, 5.41) is 8.02. The SMILES string of the molecule is COc1ccc(-c2[nH]nc3ncncc23)cc1. The Hall–Kier alpha value is -2.43.